The molecule has 0 aliphatic heterocycles. The number of benzene rings is 1. The smallest absolute Gasteiger partial charge is 0.262 e. The highest BCUT2D eigenvalue weighted by molar-refractivity contribution is 7.98. The van der Waals surface area contributed by atoms with Gasteiger partial charge in [0.1, 0.15) is 0 Å². The van der Waals surface area contributed by atoms with Gasteiger partial charge in [0.2, 0.25) is 5.89 Å². The van der Waals surface area contributed by atoms with Gasteiger partial charge in [-0.25, -0.2) is 4.98 Å². The van der Waals surface area contributed by atoms with Gasteiger partial charge in [-0.1, -0.05) is 47.8 Å². The standard InChI is InChI=1S/C18H19ClN4O2S/c1-11-20-16(25-22-11)10-26-18-21-15-9-12(19)7-8-14(15)17(24)23(18)13-5-3-2-4-6-13/h7-9,13H,2-6,10H2,1H3. The van der Waals surface area contributed by atoms with Gasteiger partial charge in [-0.15, -0.1) is 0 Å². The summed E-state index contributed by atoms with van der Waals surface area (Å²) >= 11 is 7.55. The van der Waals surface area contributed by atoms with Gasteiger partial charge in [0.05, 0.1) is 16.7 Å². The van der Waals surface area contributed by atoms with Crippen molar-refractivity contribution in [3.8, 4) is 0 Å². The van der Waals surface area contributed by atoms with Crippen LogP contribution in [0.4, 0.5) is 0 Å². The molecule has 0 amide bonds. The van der Waals surface area contributed by atoms with E-state index in [1.165, 1.54) is 18.2 Å². The molecule has 1 aliphatic rings. The first-order chi connectivity index (χ1) is 12.6. The van der Waals surface area contributed by atoms with Gasteiger partial charge in [-0.3, -0.25) is 9.36 Å². The summed E-state index contributed by atoms with van der Waals surface area (Å²) < 4.78 is 7.05. The zero-order valence-corrected chi connectivity index (χ0v) is 16.0. The van der Waals surface area contributed by atoms with Crippen molar-refractivity contribution in [2.24, 2.45) is 0 Å². The number of hydrogen-bond acceptors (Lipinski definition) is 6. The second-order valence-electron chi connectivity index (χ2n) is 6.55. The summed E-state index contributed by atoms with van der Waals surface area (Å²) in [5.41, 5.74) is 0.626. The van der Waals surface area contributed by atoms with Crippen molar-refractivity contribution in [3.05, 3.63) is 45.3 Å². The minimum Gasteiger partial charge on any atom is -0.338 e. The molecule has 6 nitrogen and oxygen atoms in total. The van der Waals surface area contributed by atoms with E-state index in [9.17, 15) is 4.79 Å². The second kappa shape index (κ2) is 7.40. The van der Waals surface area contributed by atoms with Crippen molar-refractivity contribution in [1.82, 2.24) is 19.7 Å². The van der Waals surface area contributed by atoms with Crippen LogP contribution in [-0.2, 0) is 5.75 Å². The van der Waals surface area contributed by atoms with Crippen LogP contribution in [0.1, 0.15) is 49.9 Å². The molecule has 0 bridgehead atoms. The monoisotopic (exact) mass is 390 g/mol. The Balaban J connectivity index is 1.77. The summed E-state index contributed by atoms with van der Waals surface area (Å²) in [5.74, 6) is 1.61. The van der Waals surface area contributed by atoms with E-state index in [-0.39, 0.29) is 11.6 Å². The average molecular weight is 391 g/mol. The molecule has 1 aliphatic carbocycles. The number of aryl methyl sites for hydroxylation is 1. The van der Waals surface area contributed by atoms with Crippen molar-refractivity contribution in [1.29, 1.82) is 0 Å². The SMILES string of the molecule is Cc1noc(CSc2nc3cc(Cl)ccc3c(=O)n2C2CCCCC2)n1. The molecule has 0 saturated heterocycles. The van der Waals surface area contributed by atoms with Crippen molar-refractivity contribution in [3.63, 3.8) is 0 Å². The highest BCUT2D eigenvalue weighted by Gasteiger charge is 2.22. The Bertz CT molecular complexity index is 995. The van der Waals surface area contributed by atoms with Crippen LogP contribution in [0.5, 0.6) is 0 Å². The van der Waals surface area contributed by atoms with E-state index in [1.54, 1.807) is 25.1 Å². The Hall–Kier alpha value is -1.86. The molecule has 2 aromatic heterocycles. The summed E-state index contributed by atoms with van der Waals surface area (Å²) in [7, 11) is 0. The van der Waals surface area contributed by atoms with Crippen LogP contribution in [0, 0.1) is 6.92 Å². The van der Waals surface area contributed by atoms with Crippen molar-refractivity contribution < 1.29 is 4.52 Å². The predicted molar refractivity (Wildman–Crippen MR) is 102 cm³/mol. The van der Waals surface area contributed by atoms with E-state index in [0.29, 0.717) is 38.5 Å². The zero-order chi connectivity index (χ0) is 18.1. The molecule has 2 heterocycles. The number of rotatable bonds is 4. The molecule has 26 heavy (non-hydrogen) atoms. The number of thioether (sulfide) groups is 1. The van der Waals surface area contributed by atoms with Crippen LogP contribution in [0.15, 0.2) is 32.7 Å². The summed E-state index contributed by atoms with van der Waals surface area (Å²) in [6.45, 7) is 1.78. The maximum atomic E-state index is 13.2. The van der Waals surface area contributed by atoms with Crippen LogP contribution < -0.4 is 5.56 Å². The quantitative estimate of drug-likeness (QED) is 0.481. The van der Waals surface area contributed by atoms with Crippen LogP contribution in [0.3, 0.4) is 0 Å². The topological polar surface area (TPSA) is 73.8 Å². The first-order valence-electron chi connectivity index (χ1n) is 8.75. The summed E-state index contributed by atoms with van der Waals surface area (Å²) in [4.78, 5) is 22.2. The molecule has 1 saturated carbocycles. The van der Waals surface area contributed by atoms with E-state index in [1.807, 2.05) is 4.57 Å². The fourth-order valence-corrected chi connectivity index (χ4v) is 4.51. The fraction of sp³-hybridized carbons (Fsp3) is 0.444. The van der Waals surface area contributed by atoms with E-state index >= 15 is 0 Å². The maximum absolute atomic E-state index is 13.2. The largest absolute Gasteiger partial charge is 0.338 e. The maximum Gasteiger partial charge on any atom is 0.262 e. The lowest BCUT2D eigenvalue weighted by atomic mass is 9.95. The van der Waals surface area contributed by atoms with Gasteiger partial charge >= 0.3 is 0 Å². The molecule has 0 spiro atoms. The van der Waals surface area contributed by atoms with Gasteiger partial charge in [0, 0.05) is 11.1 Å². The molecule has 1 aromatic carbocycles. The molecule has 136 valence electrons. The zero-order valence-electron chi connectivity index (χ0n) is 14.4. The number of nitrogens with zero attached hydrogens (tertiary/aromatic N) is 4. The van der Waals surface area contributed by atoms with E-state index < -0.39 is 0 Å². The average Bonchev–Trinajstić information content (AvgIpc) is 3.06. The van der Waals surface area contributed by atoms with Gasteiger partial charge in [-0.2, -0.15) is 4.98 Å². The third-order valence-corrected chi connectivity index (χ3v) is 5.84. The normalized spacial score (nSPS) is 15.6. The number of aromatic nitrogens is 4. The first-order valence-corrected chi connectivity index (χ1v) is 10.1. The molecule has 1 fully saturated rings. The van der Waals surface area contributed by atoms with Crippen LogP contribution >= 0.6 is 23.4 Å². The molecule has 4 rings (SSSR count). The van der Waals surface area contributed by atoms with E-state index in [0.717, 1.165) is 25.7 Å². The fourth-order valence-electron chi connectivity index (χ4n) is 3.44. The Morgan fingerprint density at radius 2 is 2.08 bits per heavy atom. The number of fused-ring (bicyclic) bond motifs is 1. The lowest BCUT2D eigenvalue weighted by molar-refractivity contribution is 0.326. The molecule has 0 radical (unpaired) electrons. The van der Waals surface area contributed by atoms with E-state index in [2.05, 4.69) is 10.1 Å². The Labute approximate surface area is 160 Å². The molecular formula is C18H19ClN4O2S. The predicted octanol–water partition coefficient (Wildman–Crippen LogP) is 4.54. The van der Waals surface area contributed by atoms with Crippen molar-refractivity contribution in [2.45, 2.75) is 56.0 Å². The molecular weight excluding hydrogens is 372 g/mol. The third-order valence-electron chi connectivity index (χ3n) is 4.67. The van der Waals surface area contributed by atoms with Gasteiger partial charge in [0.15, 0.2) is 11.0 Å². The summed E-state index contributed by atoms with van der Waals surface area (Å²) in [5, 5.41) is 5.68. The Morgan fingerprint density at radius 3 is 2.81 bits per heavy atom. The third kappa shape index (κ3) is 3.50. The number of halogens is 1. The molecule has 0 unspecified atom stereocenters. The Kier molecular flexibility index (Phi) is 5.00. The minimum atomic E-state index is 0.00257. The molecule has 0 atom stereocenters. The molecule has 8 heteroatoms. The molecule has 3 aromatic rings. The van der Waals surface area contributed by atoms with Crippen molar-refractivity contribution >= 4 is 34.3 Å². The van der Waals surface area contributed by atoms with Gasteiger partial charge in [-0.05, 0) is 38.0 Å². The highest BCUT2D eigenvalue weighted by Crippen LogP contribution is 2.32. The second-order valence-corrected chi connectivity index (χ2v) is 7.93. The first kappa shape index (κ1) is 17.5. The Morgan fingerprint density at radius 1 is 1.27 bits per heavy atom. The van der Waals surface area contributed by atoms with Crippen LogP contribution in [0.25, 0.3) is 10.9 Å². The van der Waals surface area contributed by atoms with Gasteiger partial charge in [0.25, 0.3) is 5.56 Å². The van der Waals surface area contributed by atoms with Gasteiger partial charge < -0.3 is 4.52 Å². The summed E-state index contributed by atoms with van der Waals surface area (Å²) in [6.07, 6.45) is 5.53. The molecule has 0 N–H and O–H groups in total. The minimum absolute atomic E-state index is 0.00257. The summed E-state index contributed by atoms with van der Waals surface area (Å²) in [6, 6.07) is 5.44. The van der Waals surface area contributed by atoms with Crippen molar-refractivity contribution in [2.75, 3.05) is 0 Å². The van der Waals surface area contributed by atoms with E-state index in [4.69, 9.17) is 21.1 Å². The lowest BCUT2D eigenvalue weighted by Crippen LogP contribution is -2.29. The highest BCUT2D eigenvalue weighted by atomic mass is 35.5. The van der Waals surface area contributed by atoms with Crippen LogP contribution in [0.2, 0.25) is 5.02 Å². The number of hydrogen-bond donors (Lipinski definition) is 0. The lowest BCUT2D eigenvalue weighted by Gasteiger charge is -2.26. The van der Waals surface area contributed by atoms with Crippen LogP contribution in [-0.4, -0.2) is 19.7 Å².